The monoisotopic (exact) mass is 300 g/mol. The predicted molar refractivity (Wildman–Crippen MR) is 81.1 cm³/mol. The van der Waals surface area contributed by atoms with Crippen LogP contribution in [0.25, 0.3) is 10.9 Å². The first kappa shape index (κ1) is 12.3. The molecule has 2 aromatic carbocycles. The summed E-state index contributed by atoms with van der Waals surface area (Å²) in [5.41, 5.74) is 1.42. The Kier molecular flexibility index (Phi) is 2.86. The predicted octanol–water partition coefficient (Wildman–Crippen LogP) is 3.00. The topological polar surface area (TPSA) is 56.1 Å². The number of aromatic nitrogens is 1. The lowest BCUT2D eigenvalue weighted by Gasteiger charge is -2.07. The highest BCUT2D eigenvalue weighted by molar-refractivity contribution is 7.90. The first-order chi connectivity index (χ1) is 10.4. The van der Waals surface area contributed by atoms with Crippen LogP contribution in [0, 0.1) is 6.92 Å². The maximum atomic E-state index is 12.8. The van der Waals surface area contributed by atoms with Gasteiger partial charge in [0.25, 0.3) is 10.0 Å². The zero-order valence-corrected chi connectivity index (χ0v) is 12.1. The van der Waals surface area contributed by atoms with E-state index in [1.54, 1.807) is 36.4 Å². The molecule has 0 saturated carbocycles. The van der Waals surface area contributed by atoms with Crippen molar-refractivity contribution in [3.8, 4) is 0 Å². The van der Waals surface area contributed by atoms with Crippen LogP contribution < -0.4 is 0 Å². The number of carbonyl (C=O) groups excluding carboxylic acids is 1. The molecule has 1 heterocycles. The standard InChI is InChI=1S/C16H13NO3S/c1-12-6-8-14(9-7-12)21(19,20)17-10-13(11-18)15-4-2-3-5-16(15)17/h2-11H,1H3/i11D. The molecule has 0 N–H and O–H groups in total. The molecule has 0 aliphatic carbocycles. The molecular formula is C16H13NO3S. The molecule has 3 aromatic rings. The van der Waals surface area contributed by atoms with E-state index in [0.29, 0.717) is 10.9 Å². The van der Waals surface area contributed by atoms with Gasteiger partial charge in [-0.05, 0) is 25.1 Å². The van der Waals surface area contributed by atoms with Crippen molar-refractivity contribution < 1.29 is 14.6 Å². The molecule has 1 aromatic heterocycles. The minimum absolute atomic E-state index is 0.0753. The van der Waals surface area contributed by atoms with E-state index in [0.717, 1.165) is 9.54 Å². The average molecular weight is 300 g/mol. The lowest BCUT2D eigenvalue weighted by atomic mass is 10.2. The van der Waals surface area contributed by atoms with Gasteiger partial charge in [-0.15, -0.1) is 0 Å². The zero-order chi connectivity index (χ0) is 15.9. The molecule has 0 unspecified atom stereocenters. The van der Waals surface area contributed by atoms with Gasteiger partial charge in [-0.3, -0.25) is 4.79 Å². The number of carbonyl (C=O) groups is 1. The van der Waals surface area contributed by atoms with Gasteiger partial charge in [0.15, 0.2) is 6.26 Å². The normalized spacial score (nSPS) is 12.3. The molecule has 0 saturated heterocycles. The minimum Gasteiger partial charge on any atom is -0.298 e. The van der Waals surface area contributed by atoms with Crippen LogP contribution in [0.2, 0.25) is 0 Å². The van der Waals surface area contributed by atoms with Crippen molar-refractivity contribution in [3.05, 3.63) is 65.9 Å². The molecule has 106 valence electrons. The van der Waals surface area contributed by atoms with Gasteiger partial charge in [0, 0.05) is 17.1 Å². The Morgan fingerprint density at radius 3 is 2.43 bits per heavy atom. The molecule has 0 aliphatic rings. The fourth-order valence-electron chi connectivity index (χ4n) is 2.25. The maximum absolute atomic E-state index is 12.8. The molecule has 0 bridgehead atoms. The summed E-state index contributed by atoms with van der Waals surface area (Å²) in [4.78, 5) is 11.6. The SMILES string of the molecule is [2H]C(=O)c1cn(S(=O)(=O)c2ccc(C)cc2)c2ccccc12. The van der Waals surface area contributed by atoms with Gasteiger partial charge in [0.2, 0.25) is 0 Å². The van der Waals surface area contributed by atoms with E-state index < -0.39 is 16.3 Å². The van der Waals surface area contributed by atoms with Gasteiger partial charge in [-0.1, -0.05) is 35.9 Å². The van der Waals surface area contributed by atoms with Gasteiger partial charge >= 0.3 is 0 Å². The number of fused-ring (bicyclic) bond motifs is 1. The van der Waals surface area contributed by atoms with Crippen molar-refractivity contribution in [1.29, 1.82) is 0 Å². The van der Waals surface area contributed by atoms with Crippen molar-refractivity contribution in [2.75, 3.05) is 0 Å². The summed E-state index contributed by atoms with van der Waals surface area (Å²) in [6.07, 6.45) is 0.309. The molecular weight excluding hydrogens is 286 g/mol. The van der Waals surface area contributed by atoms with Gasteiger partial charge in [0.05, 0.1) is 10.4 Å². The molecule has 5 heteroatoms. The molecule has 0 atom stereocenters. The summed E-state index contributed by atoms with van der Waals surface area (Å²) in [5, 5.41) is 0.457. The number of nitrogens with zero attached hydrogens (tertiary/aromatic N) is 1. The second kappa shape index (κ2) is 4.86. The van der Waals surface area contributed by atoms with Crippen LogP contribution in [0.3, 0.4) is 0 Å². The minimum atomic E-state index is -3.81. The first-order valence-electron chi connectivity index (χ1n) is 6.84. The molecule has 0 amide bonds. The van der Waals surface area contributed by atoms with Crippen molar-refractivity contribution in [2.24, 2.45) is 0 Å². The van der Waals surface area contributed by atoms with Crippen LogP contribution in [-0.4, -0.2) is 18.7 Å². The van der Waals surface area contributed by atoms with Crippen molar-refractivity contribution in [3.63, 3.8) is 0 Å². The molecule has 0 fully saturated rings. The highest BCUT2D eigenvalue weighted by atomic mass is 32.2. The third kappa shape index (κ3) is 2.15. The van der Waals surface area contributed by atoms with Crippen LogP contribution in [-0.2, 0) is 10.0 Å². The van der Waals surface area contributed by atoms with Crippen LogP contribution in [0.1, 0.15) is 17.3 Å². The Hall–Kier alpha value is -2.40. The zero-order valence-electron chi connectivity index (χ0n) is 12.3. The molecule has 0 spiro atoms. The second-order valence-corrected chi connectivity index (χ2v) is 6.59. The van der Waals surface area contributed by atoms with E-state index in [2.05, 4.69) is 0 Å². The van der Waals surface area contributed by atoms with Crippen molar-refractivity contribution >= 4 is 27.2 Å². The van der Waals surface area contributed by atoms with Crippen LogP contribution in [0.15, 0.2) is 59.6 Å². The Morgan fingerprint density at radius 2 is 1.76 bits per heavy atom. The van der Waals surface area contributed by atoms with Gasteiger partial charge < -0.3 is 0 Å². The Balaban J connectivity index is 2.30. The summed E-state index contributed by atoms with van der Waals surface area (Å²) in [5.74, 6) is 0. The fraction of sp³-hybridized carbons (Fsp3) is 0.0625. The van der Waals surface area contributed by atoms with E-state index in [1.807, 2.05) is 6.92 Å². The number of aryl methyl sites for hydroxylation is 1. The largest absolute Gasteiger partial charge is 0.298 e. The van der Waals surface area contributed by atoms with E-state index in [9.17, 15) is 13.2 Å². The molecule has 0 aliphatic heterocycles. The highest BCUT2D eigenvalue weighted by Gasteiger charge is 2.20. The third-order valence-corrected chi connectivity index (χ3v) is 5.05. The quantitative estimate of drug-likeness (QED) is 0.699. The van der Waals surface area contributed by atoms with E-state index in [1.165, 1.54) is 18.3 Å². The van der Waals surface area contributed by atoms with E-state index in [4.69, 9.17) is 1.37 Å². The molecule has 21 heavy (non-hydrogen) atoms. The van der Waals surface area contributed by atoms with Crippen LogP contribution >= 0.6 is 0 Å². The third-order valence-electron chi connectivity index (χ3n) is 3.37. The lowest BCUT2D eigenvalue weighted by molar-refractivity contribution is 0.112. The lowest BCUT2D eigenvalue weighted by Crippen LogP contribution is -2.11. The Labute approximate surface area is 124 Å². The van der Waals surface area contributed by atoms with Gasteiger partial charge in [-0.2, -0.15) is 0 Å². The van der Waals surface area contributed by atoms with Crippen molar-refractivity contribution in [1.82, 2.24) is 3.97 Å². The number of benzene rings is 2. The average Bonchev–Trinajstić information content (AvgIpc) is 2.88. The molecule has 4 nitrogen and oxygen atoms in total. The fourth-order valence-corrected chi connectivity index (χ4v) is 3.62. The summed E-state index contributed by atoms with van der Waals surface area (Å²) < 4.78 is 33.9. The smallest absolute Gasteiger partial charge is 0.268 e. The Morgan fingerprint density at radius 1 is 1.10 bits per heavy atom. The summed E-state index contributed by atoms with van der Waals surface area (Å²) in [7, 11) is -3.81. The summed E-state index contributed by atoms with van der Waals surface area (Å²) >= 11 is 0. The number of hydrogen-bond donors (Lipinski definition) is 0. The maximum Gasteiger partial charge on any atom is 0.268 e. The number of hydrogen-bond acceptors (Lipinski definition) is 3. The van der Waals surface area contributed by atoms with Gasteiger partial charge in [0.1, 0.15) is 1.37 Å². The second-order valence-electron chi connectivity index (χ2n) is 4.78. The van der Waals surface area contributed by atoms with E-state index >= 15 is 0 Å². The number of para-hydroxylation sites is 1. The van der Waals surface area contributed by atoms with E-state index in [-0.39, 0.29) is 10.5 Å². The summed E-state index contributed by atoms with van der Waals surface area (Å²) in [6, 6.07) is 13.2. The number of aldehydes is 1. The Bertz CT molecular complexity index is 972. The molecule has 0 radical (unpaired) electrons. The van der Waals surface area contributed by atoms with Gasteiger partial charge in [-0.25, -0.2) is 12.4 Å². The summed E-state index contributed by atoms with van der Waals surface area (Å²) in [6.45, 7) is 1.87. The highest BCUT2D eigenvalue weighted by Crippen LogP contribution is 2.25. The number of rotatable bonds is 3. The molecule has 3 rings (SSSR count). The first-order valence-corrected chi connectivity index (χ1v) is 7.78. The van der Waals surface area contributed by atoms with Crippen LogP contribution in [0.4, 0.5) is 0 Å². The van der Waals surface area contributed by atoms with Crippen LogP contribution in [0.5, 0.6) is 0 Å². The van der Waals surface area contributed by atoms with Crippen molar-refractivity contribution in [2.45, 2.75) is 11.8 Å².